The van der Waals surface area contributed by atoms with Gasteiger partial charge in [-0.25, -0.2) is 4.98 Å². The third kappa shape index (κ3) is 2.57. The predicted molar refractivity (Wildman–Crippen MR) is 85.6 cm³/mol. The van der Waals surface area contributed by atoms with E-state index >= 15 is 0 Å². The smallest absolute Gasteiger partial charge is 0.253 e. The molecule has 2 aromatic heterocycles. The Bertz CT molecular complexity index is 823. The maximum atomic E-state index is 12.4. The highest BCUT2D eigenvalue weighted by Gasteiger charge is 2.14. The van der Waals surface area contributed by atoms with Gasteiger partial charge >= 0.3 is 0 Å². The van der Waals surface area contributed by atoms with Gasteiger partial charge in [0.15, 0.2) is 5.65 Å². The van der Waals surface area contributed by atoms with E-state index in [1.165, 1.54) is 0 Å². The van der Waals surface area contributed by atoms with Gasteiger partial charge in [0, 0.05) is 18.6 Å². The lowest BCUT2D eigenvalue weighted by Crippen LogP contribution is -2.26. The van der Waals surface area contributed by atoms with Crippen LogP contribution in [0.15, 0.2) is 42.6 Å². The summed E-state index contributed by atoms with van der Waals surface area (Å²) >= 11 is 0. The molecule has 2 heterocycles. The van der Waals surface area contributed by atoms with Crippen LogP contribution in [0, 0.1) is 6.92 Å². The molecule has 0 radical (unpaired) electrons. The quantitative estimate of drug-likeness (QED) is 0.808. The lowest BCUT2D eigenvalue weighted by molar-refractivity contribution is 0.0939. The molecule has 0 aliphatic rings. The van der Waals surface area contributed by atoms with Crippen molar-refractivity contribution < 1.29 is 4.79 Å². The van der Waals surface area contributed by atoms with Crippen LogP contribution in [-0.2, 0) is 7.05 Å². The monoisotopic (exact) mass is 294 g/mol. The van der Waals surface area contributed by atoms with Crippen molar-refractivity contribution in [2.75, 3.05) is 0 Å². The van der Waals surface area contributed by atoms with E-state index < -0.39 is 0 Å². The third-order valence-corrected chi connectivity index (χ3v) is 3.77. The molecule has 0 saturated heterocycles. The van der Waals surface area contributed by atoms with E-state index in [1.54, 1.807) is 10.9 Å². The molecule has 3 rings (SSSR count). The number of benzene rings is 1. The topological polar surface area (TPSA) is 59.8 Å². The number of amides is 1. The second kappa shape index (κ2) is 5.60. The molecular formula is C17H18N4O. The molecule has 1 amide bonds. The number of nitrogens with one attached hydrogen (secondary N) is 1. The number of pyridine rings is 1. The minimum Gasteiger partial charge on any atom is -0.345 e. The summed E-state index contributed by atoms with van der Waals surface area (Å²) in [5.74, 6) is -0.131. The normalized spacial score (nSPS) is 12.3. The summed E-state index contributed by atoms with van der Waals surface area (Å²) in [5, 5.41) is 8.22. The van der Waals surface area contributed by atoms with Crippen molar-refractivity contribution in [3.8, 4) is 0 Å². The van der Waals surface area contributed by atoms with Crippen LogP contribution in [0.3, 0.4) is 0 Å². The van der Waals surface area contributed by atoms with Crippen LogP contribution in [0.1, 0.15) is 34.6 Å². The molecule has 1 atom stereocenters. The fourth-order valence-electron chi connectivity index (χ4n) is 2.54. The summed E-state index contributed by atoms with van der Waals surface area (Å²) in [6, 6.07) is 11.7. The molecule has 0 aliphatic carbocycles. The molecule has 22 heavy (non-hydrogen) atoms. The molecule has 0 bridgehead atoms. The van der Waals surface area contributed by atoms with Gasteiger partial charge in [0.2, 0.25) is 0 Å². The van der Waals surface area contributed by atoms with E-state index in [0.29, 0.717) is 5.56 Å². The Hall–Kier alpha value is -2.69. The zero-order chi connectivity index (χ0) is 15.7. The molecule has 0 fully saturated rings. The van der Waals surface area contributed by atoms with Gasteiger partial charge in [-0.15, -0.1) is 0 Å². The highest BCUT2D eigenvalue weighted by molar-refractivity contribution is 5.97. The molecule has 3 aromatic rings. The number of aryl methyl sites for hydroxylation is 2. The maximum Gasteiger partial charge on any atom is 0.253 e. The van der Waals surface area contributed by atoms with Crippen molar-refractivity contribution in [1.82, 2.24) is 20.1 Å². The van der Waals surface area contributed by atoms with Crippen LogP contribution < -0.4 is 5.32 Å². The Morgan fingerprint density at radius 1 is 1.27 bits per heavy atom. The molecule has 0 spiro atoms. The summed E-state index contributed by atoms with van der Waals surface area (Å²) in [6.07, 6.45) is 1.59. The van der Waals surface area contributed by atoms with Crippen LogP contribution in [0.4, 0.5) is 0 Å². The number of hydrogen-bond donors (Lipinski definition) is 1. The summed E-state index contributed by atoms with van der Waals surface area (Å²) in [7, 11) is 1.85. The van der Waals surface area contributed by atoms with E-state index in [2.05, 4.69) is 15.4 Å². The van der Waals surface area contributed by atoms with Crippen molar-refractivity contribution in [2.45, 2.75) is 19.9 Å². The Labute approximate surface area is 129 Å². The van der Waals surface area contributed by atoms with Crippen LogP contribution in [0.5, 0.6) is 0 Å². The highest BCUT2D eigenvalue weighted by atomic mass is 16.1. The molecule has 0 aliphatic heterocycles. The lowest BCUT2D eigenvalue weighted by Gasteiger charge is -2.14. The van der Waals surface area contributed by atoms with Gasteiger partial charge in [0.1, 0.15) is 0 Å². The Kier molecular flexibility index (Phi) is 3.63. The number of carbonyl (C=O) groups is 1. The van der Waals surface area contributed by atoms with E-state index in [-0.39, 0.29) is 11.9 Å². The second-order valence-electron chi connectivity index (χ2n) is 5.41. The zero-order valence-electron chi connectivity index (χ0n) is 12.9. The molecule has 1 N–H and O–H groups in total. The predicted octanol–water partition coefficient (Wildman–Crippen LogP) is 2.77. The highest BCUT2D eigenvalue weighted by Crippen LogP contribution is 2.17. The average molecular weight is 294 g/mol. The van der Waals surface area contributed by atoms with Gasteiger partial charge in [0.25, 0.3) is 5.91 Å². The first kappa shape index (κ1) is 14.3. The molecule has 1 aromatic carbocycles. The first-order valence-corrected chi connectivity index (χ1v) is 7.21. The van der Waals surface area contributed by atoms with Gasteiger partial charge in [-0.3, -0.25) is 9.48 Å². The molecule has 5 heteroatoms. The molecule has 1 unspecified atom stereocenters. The van der Waals surface area contributed by atoms with Gasteiger partial charge < -0.3 is 5.32 Å². The number of aromatic nitrogens is 3. The van der Waals surface area contributed by atoms with Gasteiger partial charge in [-0.2, -0.15) is 5.10 Å². The summed E-state index contributed by atoms with van der Waals surface area (Å²) < 4.78 is 1.72. The van der Waals surface area contributed by atoms with E-state index in [0.717, 1.165) is 22.3 Å². The molecule has 5 nitrogen and oxygen atoms in total. The Morgan fingerprint density at radius 3 is 2.73 bits per heavy atom. The van der Waals surface area contributed by atoms with Crippen LogP contribution >= 0.6 is 0 Å². The van der Waals surface area contributed by atoms with Crippen molar-refractivity contribution >= 4 is 16.9 Å². The van der Waals surface area contributed by atoms with E-state index in [9.17, 15) is 4.79 Å². The van der Waals surface area contributed by atoms with Crippen LogP contribution in [0.2, 0.25) is 0 Å². The zero-order valence-corrected chi connectivity index (χ0v) is 12.9. The van der Waals surface area contributed by atoms with E-state index in [1.807, 2.05) is 57.3 Å². The Morgan fingerprint density at radius 2 is 2.00 bits per heavy atom. The third-order valence-electron chi connectivity index (χ3n) is 3.77. The number of rotatable bonds is 3. The van der Waals surface area contributed by atoms with Crippen LogP contribution in [0.25, 0.3) is 11.0 Å². The molecule has 0 saturated carbocycles. The second-order valence-corrected chi connectivity index (χ2v) is 5.41. The average Bonchev–Trinajstić information content (AvgIpc) is 2.82. The fourth-order valence-corrected chi connectivity index (χ4v) is 2.54. The van der Waals surface area contributed by atoms with Crippen molar-refractivity contribution in [2.24, 2.45) is 7.05 Å². The Balaban J connectivity index is 1.85. The lowest BCUT2D eigenvalue weighted by atomic mass is 10.1. The number of nitrogens with zero attached hydrogens (tertiary/aromatic N) is 3. The van der Waals surface area contributed by atoms with Crippen LogP contribution in [-0.4, -0.2) is 20.7 Å². The van der Waals surface area contributed by atoms with Gasteiger partial charge in [-0.05, 0) is 25.5 Å². The summed E-state index contributed by atoms with van der Waals surface area (Å²) in [5.41, 5.74) is 3.27. The molecule has 112 valence electrons. The molecular weight excluding hydrogens is 276 g/mol. The van der Waals surface area contributed by atoms with Crippen molar-refractivity contribution in [3.63, 3.8) is 0 Å². The van der Waals surface area contributed by atoms with Crippen molar-refractivity contribution in [1.29, 1.82) is 0 Å². The number of fused-ring (bicyclic) bond motifs is 1. The first-order chi connectivity index (χ1) is 10.6. The fraction of sp³-hybridized carbons (Fsp3) is 0.235. The minimum atomic E-state index is -0.131. The SMILES string of the molecule is Cc1nn(C)c2ncc(C(=O)NC(C)c3ccccc3)cc12. The summed E-state index contributed by atoms with van der Waals surface area (Å²) in [6.45, 7) is 3.88. The number of hydrogen-bond acceptors (Lipinski definition) is 3. The first-order valence-electron chi connectivity index (χ1n) is 7.21. The van der Waals surface area contributed by atoms with Gasteiger partial charge in [0.05, 0.1) is 17.3 Å². The van der Waals surface area contributed by atoms with Gasteiger partial charge in [-0.1, -0.05) is 30.3 Å². The maximum absolute atomic E-state index is 12.4. The van der Waals surface area contributed by atoms with E-state index in [4.69, 9.17) is 0 Å². The number of carbonyl (C=O) groups excluding carboxylic acids is 1. The minimum absolute atomic E-state index is 0.0561. The summed E-state index contributed by atoms with van der Waals surface area (Å²) in [4.78, 5) is 16.8. The largest absolute Gasteiger partial charge is 0.345 e. The van der Waals surface area contributed by atoms with Crippen molar-refractivity contribution in [3.05, 3.63) is 59.4 Å². The standard InChI is InChI=1S/C17H18N4O/c1-11(13-7-5-4-6-8-13)19-17(22)14-9-15-12(2)20-21(3)16(15)18-10-14/h4-11H,1-3H3,(H,19,22).